The van der Waals surface area contributed by atoms with Gasteiger partial charge >= 0.3 is 0 Å². The molecular weight excluding hydrogens is 1680 g/mol. The minimum atomic E-state index is 1.22. The molecule has 0 aliphatic heterocycles. The van der Waals surface area contributed by atoms with E-state index >= 15 is 0 Å². The van der Waals surface area contributed by atoms with Gasteiger partial charge in [0.2, 0.25) is 0 Å². The lowest BCUT2D eigenvalue weighted by Crippen LogP contribution is -1.89. The van der Waals surface area contributed by atoms with Crippen LogP contribution in [0.25, 0.3) is 273 Å². The number of hydrogen-bond donors (Lipinski definition) is 0. The van der Waals surface area contributed by atoms with Gasteiger partial charge in [0.15, 0.2) is 0 Å². The van der Waals surface area contributed by atoms with Crippen LogP contribution >= 0.6 is 0 Å². The standard InChI is InChI=1S/C62H40.C40H26.C38H24/c1-5-13-41(14-6-1)47-23-27-53-39-57(55-31-29-49(37-61(55)59(53)35-47)43-17-9-3-10-18-43)51-25-21-46-34-52(26-22-45(46)33-51)58-40-54-28-24-48(42-15-7-2-8-16-42)36-60(54)62-38-50(30-32-56(58)62)44-19-11-4-12-20-44;1-2-9-28-22-31(17-16-27(28)8-1)33-21-20-32-23-30(18-19-34(32)24-33)29-11-7-12-35(25-29)40-26-36-10-3-4-13-37(36)38-14-5-6-15-39(38)40;1-3-11-31-27(9-1)23-37(35-15-7-5-13-33(31)35)29-19-17-26-22-30(20-18-25(26)21-29)38-24-28-10-2-4-12-32(28)34-14-6-8-16-36(34)38/h1-40H;1-26H;1-24H. The number of benzene rings is 28. The van der Waals surface area contributed by atoms with Crippen molar-refractivity contribution in [3.63, 3.8) is 0 Å². The van der Waals surface area contributed by atoms with E-state index in [2.05, 4.69) is 546 Å². The predicted molar refractivity (Wildman–Crippen MR) is 604 cm³/mol. The van der Waals surface area contributed by atoms with Gasteiger partial charge in [-0.1, -0.05) is 443 Å². The van der Waals surface area contributed by atoms with E-state index in [9.17, 15) is 0 Å². The normalized spacial score (nSPS) is 11.6. The smallest absolute Gasteiger partial charge is 0.00928 e. The van der Waals surface area contributed by atoms with Crippen molar-refractivity contribution in [1.82, 2.24) is 0 Å². The van der Waals surface area contributed by atoms with Crippen LogP contribution in [0.5, 0.6) is 0 Å². The summed E-state index contributed by atoms with van der Waals surface area (Å²) in [5.41, 5.74) is 27.3. The molecular formula is C140H90. The van der Waals surface area contributed by atoms with Gasteiger partial charge in [-0.15, -0.1) is 0 Å². The van der Waals surface area contributed by atoms with Crippen LogP contribution in [0.4, 0.5) is 0 Å². The Balaban J connectivity index is 0.000000113. The second-order valence-corrected chi connectivity index (χ2v) is 37.3. The fourth-order valence-electron chi connectivity index (χ4n) is 21.9. The average molecular weight is 1770 g/mol. The maximum atomic E-state index is 2.39. The fraction of sp³-hybridized carbons (Fsp3) is 0. The Labute approximate surface area is 813 Å². The van der Waals surface area contributed by atoms with Crippen LogP contribution in [0.2, 0.25) is 0 Å². The van der Waals surface area contributed by atoms with Gasteiger partial charge in [-0.3, -0.25) is 0 Å². The Kier molecular flexibility index (Phi) is 20.8. The molecule has 0 heteroatoms. The monoisotopic (exact) mass is 1770 g/mol. The van der Waals surface area contributed by atoms with E-state index < -0.39 is 0 Å². The summed E-state index contributed by atoms with van der Waals surface area (Å²) in [4.78, 5) is 0. The lowest BCUT2D eigenvalue weighted by molar-refractivity contribution is 1.62. The van der Waals surface area contributed by atoms with Crippen molar-refractivity contribution in [3.8, 4) is 122 Å². The van der Waals surface area contributed by atoms with Gasteiger partial charge in [-0.2, -0.15) is 0 Å². The average Bonchev–Trinajstić information content (AvgIpc) is 0.752. The van der Waals surface area contributed by atoms with Crippen molar-refractivity contribution < 1.29 is 0 Å². The molecule has 0 atom stereocenters. The van der Waals surface area contributed by atoms with Crippen molar-refractivity contribution >= 4 is 151 Å². The van der Waals surface area contributed by atoms with Gasteiger partial charge in [-0.05, 0) is 376 Å². The zero-order valence-electron chi connectivity index (χ0n) is 77.0. The molecule has 0 bridgehead atoms. The highest BCUT2D eigenvalue weighted by Crippen LogP contribution is 2.47. The number of fused-ring (bicyclic) bond motifs is 19. The van der Waals surface area contributed by atoms with Crippen LogP contribution in [-0.2, 0) is 0 Å². The van der Waals surface area contributed by atoms with Crippen molar-refractivity contribution in [2.75, 3.05) is 0 Å². The highest BCUT2D eigenvalue weighted by molar-refractivity contribution is 6.21. The molecule has 0 heterocycles. The van der Waals surface area contributed by atoms with Crippen molar-refractivity contribution in [1.29, 1.82) is 0 Å². The third-order valence-electron chi connectivity index (χ3n) is 29.0. The van der Waals surface area contributed by atoms with E-state index in [1.54, 1.807) is 0 Å². The van der Waals surface area contributed by atoms with Crippen molar-refractivity contribution in [3.05, 3.63) is 546 Å². The Morgan fingerprint density at radius 2 is 0.243 bits per heavy atom. The molecule has 650 valence electrons. The molecule has 140 heavy (non-hydrogen) atoms. The molecule has 28 aromatic carbocycles. The second kappa shape index (κ2) is 35.2. The Morgan fingerprint density at radius 1 is 0.0643 bits per heavy atom. The minimum absolute atomic E-state index is 1.22. The largest absolute Gasteiger partial charge is 0.0622 e. The van der Waals surface area contributed by atoms with Crippen LogP contribution < -0.4 is 0 Å². The SMILES string of the molecule is c1cc(-c2ccc3cc(-c4ccc5ccccc5c4)ccc3c2)cc(-c2cc3ccccc3c3ccccc23)c1.c1ccc(-c2ccc3cc(-c4ccc5cc(-c6cc7ccc(-c8ccccc8)cc7c7cc(-c8ccccc8)ccc67)ccc5c4)c4ccc(-c5ccccc5)cc4c3c2)cc1.c1ccc2c(c1)cc(-c1ccc3cc(-c4cc5ccccc5c5ccccc45)ccc3c1)c1ccccc12. The third-order valence-corrected chi connectivity index (χ3v) is 29.0. The topological polar surface area (TPSA) is 0 Å². The summed E-state index contributed by atoms with van der Waals surface area (Å²) < 4.78 is 0. The van der Waals surface area contributed by atoms with Gasteiger partial charge in [0.25, 0.3) is 0 Å². The summed E-state index contributed by atoms with van der Waals surface area (Å²) in [6.07, 6.45) is 0. The lowest BCUT2D eigenvalue weighted by atomic mass is 9.88. The Bertz CT molecular complexity index is 9390. The third kappa shape index (κ3) is 15.4. The summed E-state index contributed by atoms with van der Waals surface area (Å²) in [5, 5.41) is 35.6. The van der Waals surface area contributed by atoms with Gasteiger partial charge in [0.05, 0.1) is 0 Å². The van der Waals surface area contributed by atoms with E-state index in [1.165, 1.54) is 273 Å². The van der Waals surface area contributed by atoms with Gasteiger partial charge in [-0.25, -0.2) is 0 Å². The first-order valence-corrected chi connectivity index (χ1v) is 48.5. The summed E-state index contributed by atoms with van der Waals surface area (Å²) >= 11 is 0. The number of hydrogen-bond acceptors (Lipinski definition) is 0. The van der Waals surface area contributed by atoms with Crippen molar-refractivity contribution in [2.24, 2.45) is 0 Å². The van der Waals surface area contributed by atoms with E-state index in [0.29, 0.717) is 0 Å². The summed E-state index contributed by atoms with van der Waals surface area (Å²) in [5.74, 6) is 0. The molecule has 0 fully saturated rings. The maximum Gasteiger partial charge on any atom is -0.00928 e. The molecule has 0 nitrogen and oxygen atoms in total. The first-order valence-electron chi connectivity index (χ1n) is 48.5. The zero-order chi connectivity index (χ0) is 92.5. The predicted octanol–water partition coefficient (Wildman–Crippen LogP) is 39.5. The van der Waals surface area contributed by atoms with Crippen LogP contribution in [0, 0.1) is 0 Å². The van der Waals surface area contributed by atoms with Crippen molar-refractivity contribution in [2.45, 2.75) is 0 Å². The van der Waals surface area contributed by atoms with E-state index in [0.717, 1.165) is 0 Å². The fourth-order valence-corrected chi connectivity index (χ4v) is 21.9. The van der Waals surface area contributed by atoms with Crippen LogP contribution in [0.15, 0.2) is 546 Å². The van der Waals surface area contributed by atoms with Crippen LogP contribution in [-0.4, -0.2) is 0 Å². The first-order chi connectivity index (χ1) is 69.3. The van der Waals surface area contributed by atoms with E-state index in [-0.39, 0.29) is 0 Å². The zero-order valence-corrected chi connectivity index (χ0v) is 77.0. The minimum Gasteiger partial charge on any atom is -0.0622 e. The van der Waals surface area contributed by atoms with Crippen LogP contribution in [0.3, 0.4) is 0 Å². The molecule has 0 saturated heterocycles. The van der Waals surface area contributed by atoms with Gasteiger partial charge in [0.1, 0.15) is 0 Å². The van der Waals surface area contributed by atoms with Gasteiger partial charge < -0.3 is 0 Å². The summed E-state index contributed by atoms with van der Waals surface area (Å²) in [6.45, 7) is 0. The van der Waals surface area contributed by atoms with Gasteiger partial charge in [0, 0.05) is 0 Å². The second-order valence-electron chi connectivity index (χ2n) is 37.3. The molecule has 0 spiro atoms. The summed E-state index contributed by atoms with van der Waals surface area (Å²) in [6, 6.07) is 200. The Hall–Kier alpha value is -18.2. The molecule has 0 unspecified atom stereocenters. The highest BCUT2D eigenvalue weighted by atomic mass is 14.2. The first kappa shape index (κ1) is 82.5. The highest BCUT2D eigenvalue weighted by Gasteiger charge is 2.20. The Morgan fingerprint density at radius 3 is 0.564 bits per heavy atom. The molecule has 0 amide bonds. The van der Waals surface area contributed by atoms with E-state index in [1.807, 2.05) is 0 Å². The molecule has 0 aliphatic carbocycles. The molecule has 0 radical (unpaired) electrons. The molecule has 0 aromatic heterocycles. The molecule has 28 aromatic rings. The molecule has 0 aliphatic rings. The quantitative estimate of drug-likeness (QED) is 0.113. The lowest BCUT2D eigenvalue weighted by Gasteiger charge is -2.16. The molecule has 28 rings (SSSR count). The van der Waals surface area contributed by atoms with E-state index in [4.69, 9.17) is 0 Å². The summed E-state index contributed by atoms with van der Waals surface area (Å²) in [7, 11) is 0. The molecule has 0 saturated carbocycles. The maximum absolute atomic E-state index is 2.39. The number of rotatable bonds is 11. The molecule has 0 N–H and O–H groups in total. The van der Waals surface area contributed by atoms with Crippen LogP contribution in [0.1, 0.15) is 0 Å².